The van der Waals surface area contributed by atoms with E-state index in [2.05, 4.69) is 20.5 Å². The van der Waals surface area contributed by atoms with Gasteiger partial charge in [0.2, 0.25) is 5.91 Å². The summed E-state index contributed by atoms with van der Waals surface area (Å²) in [6, 6.07) is 14.3. The number of nitrogens with zero attached hydrogens (tertiary/aromatic N) is 2. The third-order valence-electron chi connectivity index (χ3n) is 4.55. The van der Waals surface area contributed by atoms with Gasteiger partial charge < -0.3 is 14.8 Å². The van der Waals surface area contributed by atoms with Crippen LogP contribution in [0.5, 0.6) is 11.5 Å². The number of ketones is 1. The van der Waals surface area contributed by atoms with Gasteiger partial charge in [0, 0.05) is 24.0 Å². The molecule has 0 aliphatic heterocycles. The van der Waals surface area contributed by atoms with Crippen LogP contribution < -0.4 is 14.8 Å². The standard InChI is InChI=1S/C22H24N4O4/c1-29-17-10-6-15(7-11-17)19(27)4-3-5-21(28)23-14-20-24-22(26-25-20)16-8-12-18(30-2)13-9-16/h6-13H,3-5,14H2,1-2H3,(H,23,28)(H,24,25,26). The molecule has 2 N–H and O–H groups in total. The Labute approximate surface area is 174 Å². The van der Waals surface area contributed by atoms with Gasteiger partial charge in [-0.15, -0.1) is 0 Å². The Kier molecular flexibility index (Phi) is 7.15. The van der Waals surface area contributed by atoms with Gasteiger partial charge in [0.1, 0.15) is 17.3 Å². The van der Waals surface area contributed by atoms with Gasteiger partial charge in [-0.3, -0.25) is 14.7 Å². The first-order chi connectivity index (χ1) is 14.6. The number of Topliss-reactive ketones (excluding diaryl/α,β-unsaturated/α-hetero) is 1. The molecule has 0 bridgehead atoms. The number of aromatic nitrogens is 3. The summed E-state index contributed by atoms with van der Waals surface area (Å²) in [5, 5.41) is 9.78. The lowest BCUT2D eigenvalue weighted by molar-refractivity contribution is -0.121. The van der Waals surface area contributed by atoms with Gasteiger partial charge >= 0.3 is 0 Å². The fourth-order valence-corrected chi connectivity index (χ4v) is 2.85. The molecule has 0 fully saturated rings. The van der Waals surface area contributed by atoms with Crippen molar-refractivity contribution in [2.24, 2.45) is 0 Å². The molecule has 1 aromatic heterocycles. The summed E-state index contributed by atoms with van der Waals surface area (Å²) >= 11 is 0. The van der Waals surface area contributed by atoms with Crippen molar-refractivity contribution in [3.8, 4) is 22.9 Å². The van der Waals surface area contributed by atoms with E-state index in [1.54, 1.807) is 38.5 Å². The van der Waals surface area contributed by atoms with E-state index in [1.165, 1.54) is 0 Å². The van der Waals surface area contributed by atoms with E-state index in [4.69, 9.17) is 9.47 Å². The molecule has 0 aliphatic carbocycles. The Hall–Kier alpha value is -3.68. The van der Waals surface area contributed by atoms with Crippen LogP contribution in [0.3, 0.4) is 0 Å². The second-order valence-electron chi connectivity index (χ2n) is 6.62. The highest BCUT2D eigenvalue weighted by Gasteiger charge is 2.10. The first-order valence-electron chi connectivity index (χ1n) is 9.58. The summed E-state index contributed by atoms with van der Waals surface area (Å²) in [5.41, 5.74) is 1.46. The van der Waals surface area contributed by atoms with Crippen LogP contribution in [-0.4, -0.2) is 41.1 Å². The van der Waals surface area contributed by atoms with Gasteiger partial charge in [0.05, 0.1) is 20.8 Å². The minimum absolute atomic E-state index is 0.00446. The Morgan fingerprint density at radius 1 is 0.933 bits per heavy atom. The average Bonchev–Trinajstić information content (AvgIpc) is 3.27. The molecule has 3 aromatic rings. The van der Waals surface area contributed by atoms with Crippen molar-refractivity contribution >= 4 is 11.7 Å². The van der Waals surface area contributed by atoms with E-state index < -0.39 is 0 Å². The third kappa shape index (κ3) is 5.66. The lowest BCUT2D eigenvalue weighted by Crippen LogP contribution is -2.23. The number of nitrogens with one attached hydrogen (secondary N) is 2. The Morgan fingerprint density at radius 2 is 1.57 bits per heavy atom. The highest BCUT2D eigenvalue weighted by atomic mass is 16.5. The Morgan fingerprint density at radius 3 is 2.20 bits per heavy atom. The van der Waals surface area contributed by atoms with E-state index in [1.807, 2.05) is 24.3 Å². The zero-order valence-electron chi connectivity index (χ0n) is 17.0. The molecule has 0 radical (unpaired) electrons. The first-order valence-corrected chi connectivity index (χ1v) is 9.58. The summed E-state index contributed by atoms with van der Waals surface area (Å²) in [6.45, 7) is 0.244. The zero-order valence-corrected chi connectivity index (χ0v) is 17.0. The Bertz CT molecular complexity index is 981. The molecule has 0 unspecified atom stereocenters. The predicted molar refractivity (Wildman–Crippen MR) is 111 cm³/mol. The maximum Gasteiger partial charge on any atom is 0.220 e. The highest BCUT2D eigenvalue weighted by molar-refractivity contribution is 5.96. The van der Waals surface area contributed by atoms with Crippen molar-refractivity contribution in [1.82, 2.24) is 20.5 Å². The van der Waals surface area contributed by atoms with Crippen molar-refractivity contribution in [3.63, 3.8) is 0 Å². The minimum Gasteiger partial charge on any atom is -0.497 e. The molecule has 0 saturated heterocycles. The maximum atomic E-state index is 12.2. The fourth-order valence-electron chi connectivity index (χ4n) is 2.85. The SMILES string of the molecule is COc1ccc(C(=O)CCCC(=O)NCc2nc(-c3ccc(OC)cc3)n[nH]2)cc1. The highest BCUT2D eigenvalue weighted by Crippen LogP contribution is 2.19. The number of carbonyl (C=O) groups excluding carboxylic acids is 2. The topological polar surface area (TPSA) is 106 Å². The van der Waals surface area contributed by atoms with Crippen LogP contribution in [0.1, 0.15) is 35.4 Å². The summed E-state index contributed by atoms with van der Waals surface area (Å²) in [6.07, 6.45) is 1.05. The number of carbonyl (C=O) groups is 2. The van der Waals surface area contributed by atoms with Crippen molar-refractivity contribution in [1.29, 1.82) is 0 Å². The number of benzene rings is 2. The van der Waals surface area contributed by atoms with E-state index in [0.29, 0.717) is 35.8 Å². The second-order valence-corrected chi connectivity index (χ2v) is 6.62. The molecule has 0 spiro atoms. The molecule has 156 valence electrons. The molecule has 0 aliphatic rings. The predicted octanol–water partition coefficient (Wildman–Crippen LogP) is 3.16. The number of ether oxygens (including phenoxy) is 2. The van der Waals surface area contributed by atoms with Crippen molar-refractivity contribution in [3.05, 3.63) is 59.9 Å². The molecule has 1 amide bonds. The number of amides is 1. The lowest BCUT2D eigenvalue weighted by Gasteiger charge is -2.04. The molecular formula is C22H24N4O4. The zero-order chi connectivity index (χ0) is 21.3. The van der Waals surface area contributed by atoms with Gasteiger partial charge in [0.15, 0.2) is 11.6 Å². The van der Waals surface area contributed by atoms with Gasteiger partial charge in [-0.1, -0.05) is 0 Å². The molecule has 1 heterocycles. The van der Waals surface area contributed by atoms with Gasteiger partial charge in [-0.2, -0.15) is 5.10 Å². The van der Waals surface area contributed by atoms with Crippen molar-refractivity contribution in [2.45, 2.75) is 25.8 Å². The first kappa shape index (κ1) is 21.0. The quantitative estimate of drug-likeness (QED) is 0.499. The molecule has 30 heavy (non-hydrogen) atoms. The van der Waals surface area contributed by atoms with E-state index in [-0.39, 0.29) is 24.7 Å². The summed E-state index contributed by atoms with van der Waals surface area (Å²) in [5.74, 6) is 2.43. The largest absolute Gasteiger partial charge is 0.497 e. The second kappa shape index (κ2) is 10.2. The third-order valence-corrected chi connectivity index (χ3v) is 4.55. The minimum atomic E-state index is -0.139. The molecule has 0 saturated carbocycles. The number of H-pyrrole nitrogens is 1. The number of methoxy groups -OCH3 is 2. The van der Waals surface area contributed by atoms with Crippen LogP contribution in [0.25, 0.3) is 11.4 Å². The van der Waals surface area contributed by atoms with Crippen LogP contribution in [0.4, 0.5) is 0 Å². The summed E-state index contributed by atoms with van der Waals surface area (Å²) < 4.78 is 10.2. The fraction of sp³-hybridized carbons (Fsp3) is 0.273. The molecule has 2 aromatic carbocycles. The van der Waals surface area contributed by atoms with Crippen LogP contribution in [0, 0.1) is 0 Å². The van der Waals surface area contributed by atoms with Crippen molar-refractivity contribution < 1.29 is 19.1 Å². The van der Waals surface area contributed by atoms with E-state index >= 15 is 0 Å². The summed E-state index contributed by atoms with van der Waals surface area (Å²) in [7, 11) is 3.19. The number of rotatable bonds is 10. The van der Waals surface area contributed by atoms with Crippen LogP contribution in [0.15, 0.2) is 48.5 Å². The Balaban J connectivity index is 1.41. The smallest absolute Gasteiger partial charge is 0.220 e. The normalized spacial score (nSPS) is 10.5. The van der Waals surface area contributed by atoms with E-state index in [9.17, 15) is 9.59 Å². The van der Waals surface area contributed by atoms with Gasteiger partial charge in [0.25, 0.3) is 0 Å². The molecular weight excluding hydrogens is 384 g/mol. The van der Waals surface area contributed by atoms with Gasteiger partial charge in [-0.05, 0) is 55.0 Å². The molecule has 8 nitrogen and oxygen atoms in total. The van der Waals surface area contributed by atoms with Crippen LogP contribution in [0.2, 0.25) is 0 Å². The van der Waals surface area contributed by atoms with Crippen molar-refractivity contribution in [2.75, 3.05) is 14.2 Å². The van der Waals surface area contributed by atoms with E-state index in [0.717, 1.165) is 11.3 Å². The van der Waals surface area contributed by atoms with Crippen LogP contribution >= 0.6 is 0 Å². The molecule has 8 heteroatoms. The number of aromatic amines is 1. The van der Waals surface area contributed by atoms with Crippen LogP contribution in [-0.2, 0) is 11.3 Å². The number of hydrogen-bond acceptors (Lipinski definition) is 6. The molecule has 0 atom stereocenters. The summed E-state index contributed by atoms with van der Waals surface area (Å²) in [4.78, 5) is 28.6. The van der Waals surface area contributed by atoms with Gasteiger partial charge in [-0.25, -0.2) is 4.98 Å². The molecule has 3 rings (SSSR count). The number of hydrogen-bond donors (Lipinski definition) is 2. The monoisotopic (exact) mass is 408 g/mol. The average molecular weight is 408 g/mol. The lowest BCUT2D eigenvalue weighted by atomic mass is 10.1. The maximum absolute atomic E-state index is 12.2.